The number of hydrogen-bond acceptors (Lipinski definition) is 4. The van der Waals surface area contributed by atoms with Crippen molar-refractivity contribution in [3.63, 3.8) is 0 Å². The predicted octanol–water partition coefficient (Wildman–Crippen LogP) is 7.45. The molecule has 0 saturated heterocycles. The summed E-state index contributed by atoms with van der Waals surface area (Å²) in [4.78, 5) is 0. The van der Waals surface area contributed by atoms with Crippen LogP contribution in [0.5, 0.6) is 0 Å². The number of rotatable bonds is 24. The topological polar surface area (TPSA) is 63.9 Å². The summed E-state index contributed by atoms with van der Waals surface area (Å²) >= 11 is 0. The summed E-state index contributed by atoms with van der Waals surface area (Å²) in [6, 6.07) is 0. The molecule has 0 aliphatic rings. The van der Waals surface area contributed by atoms with Crippen molar-refractivity contribution in [1.82, 2.24) is 5.06 Å². The van der Waals surface area contributed by atoms with E-state index in [9.17, 15) is 5.21 Å². The molecular weight excluding hydrogens is 374 g/mol. The standard InChI is InChI=1S/C26H55NO3/c1-3-5-7-9-11-13-14-16-18-20-22-25(23-27(30)24-26(28)29)21-19-17-15-12-10-8-6-4-2/h25-26,28-30H,3-24H2,1-2H3. The maximum absolute atomic E-state index is 9.99. The van der Waals surface area contributed by atoms with Crippen molar-refractivity contribution in [2.75, 3.05) is 13.1 Å². The van der Waals surface area contributed by atoms with Crippen LogP contribution >= 0.6 is 0 Å². The Labute approximate surface area is 188 Å². The Hall–Kier alpha value is -0.160. The summed E-state index contributed by atoms with van der Waals surface area (Å²) in [7, 11) is 0. The number of unbranched alkanes of at least 4 members (excludes halogenated alkanes) is 16. The zero-order valence-electron chi connectivity index (χ0n) is 20.5. The van der Waals surface area contributed by atoms with Crippen molar-refractivity contribution in [1.29, 1.82) is 0 Å². The Bertz CT molecular complexity index is 325. The molecule has 1 unspecified atom stereocenters. The molecule has 0 fully saturated rings. The van der Waals surface area contributed by atoms with Gasteiger partial charge in [0.25, 0.3) is 0 Å². The average molecular weight is 430 g/mol. The third kappa shape index (κ3) is 22.5. The summed E-state index contributed by atoms with van der Waals surface area (Å²) in [5.41, 5.74) is 0. The molecule has 0 rings (SSSR count). The largest absolute Gasteiger partial charge is 0.367 e. The van der Waals surface area contributed by atoms with E-state index in [0.717, 1.165) is 17.9 Å². The van der Waals surface area contributed by atoms with E-state index in [2.05, 4.69) is 13.8 Å². The Morgan fingerprint density at radius 3 is 1.17 bits per heavy atom. The van der Waals surface area contributed by atoms with Crippen molar-refractivity contribution < 1.29 is 15.4 Å². The maximum atomic E-state index is 9.99. The second-order valence-electron chi connectivity index (χ2n) is 9.45. The fourth-order valence-electron chi connectivity index (χ4n) is 4.38. The molecule has 0 radical (unpaired) electrons. The van der Waals surface area contributed by atoms with E-state index in [1.165, 1.54) is 116 Å². The van der Waals surface area contributed by atoms with Gasteiger partial charge in [-0.2, -0.15) is 5.06 Å². The summed E-state index contributed by atoms with van der Waals surface area (Å²) in [6.45, 7) is 5.01. The van der Waals surface area contributed by atoms with Gasteiger partial charge in [-0.15, -0.1) is 0 Å². The second kappa shape index (κ2) is 23.5. The number of aliphatic hydroxyl groups excluding tert-OH is 1. The van der Waals surface area contributed by atoms with E-state index in [1.807, 2.05) is 0 Å². The minimum atomic E-state index is -1.46. The molecule has 3 N–H and O–H groups in total. The summed E-state index contributed by atoms with van der Waals surface area (Å²) in [5, 5.41) is 29.3. The van der Waals surface area contributed by atoms with Gasteiger partial charge in [0.05, 0.1) is 6.54 Å². The van der Waals surface area contributed by atoms with E-state index in [-0.39, 0.29) is 6.54 Å². The Morgan fingerprint density at radius 2 is 0.833 bits per heavy atom. The van der Waals surface area contributed by atoms with Crippen LogP contribution in [0.2, 0.25) is 0 Å². The first-order chi connectivity index (χ1) is 14.6. The van der Waals surface area contributed by atoms with E-state index in [0.29, 0.717) is 12.5 Å². The highest BCUT2D eigenvalue weighted by Gasteiger charge is 2.14. The molecule has 0 aromatic rings. The lowest BCUT2D eigenvalue weighted by Gasteiger charge is -2.23. The van der Waals surface area contributed by atoms with Gasteiger partial charge in [-0.3, -0.25) is 0 Å². The first-order valence-electron chi connectivity index (χ1n) is 13.4. The number of hydroxylamine groups is 2. The molecular formula is C26H55NO3. The Kier molecular flexibility index (Phi) is 23.4. The normalized spacial score (nSPS) is 12.9. The molecule has 0 heterocycles. The highest BCUT2D eigenvalue weighted by molar-refractivity contribution is 4.64. The number of hydrogen-bond donors (Lipinski definition) is 3. The Balaban J connectivity index is 3.88. The van der Waals surface area contributed by atoms with E-state index >= 15 is 0 Å². The zero-order chi connectivity index (χ0) is 22.3. The van der Waals surface area contributed by atoms with Crippen molar-refractivity contribution in [3.05, 3.63) is 0 Å². The fourth-order valence-corrected chi connectivity index (χ4v) is 4.38. The lowest BCUT2D eigenvalue weighted by atomic mass is 9.93. The van der Waals surface area contributed by atoms with Gasteiger partial charge in [-0.05, 0) is 18.8 Å². The molecule has 4 heteroatoms. The molecule has 0 aliphatic carbocycles. The number of aliphatic hydroxyl groups is 2. The van der Waals surface area contributed by atoms with Gasteiger partial charge >= 0.3 is 0 Å². The number of nitrogens with zero attached hydrogens (tertiary/aromatic N) is 1. The van der Waals surface area contributed by atoms with Crippen LogP contribution in [0.25, 0.3) is 0 Å². The molecule has 0 aliphatic heterocycles. The van der Waals surface area contributed by atoms with Gasteiger partial charge in [0.2, 0.25) is 0 Å². The lowest BCUT2D eigenvalue weighted by Crippen LogP contribution is -2.33. The molecule has 0 amide bonds. The highest BCUT2D eigenvalue weighted by atomic mass is 16.5. The quantitative estimate of drug-likeness (QED) is 0.0847. The minimum Gasteiger partial charge on any atom is -0.367 e. The first kappa shape index (κ1) is 29.8. The van der Waals surface area contributed by atoms with Crippen molar-refractivity contribution in [2.45, 2.75) is 149 Å². The van der Waals surface area contributed by atoms with E-state index in [1.54, 1.807) is 0 Å². The first-order valence-corrected chi connectivity index (χ1v) is 13.4. The van der Waals surface area contributed by atoms with Crippen LogP contribution in [-0.4, -0.2) is 39.9 Å². The third-order valence-electron chi connectivity index (χ3n) is 6.27. The van der Waals surface area contributed by atoms with Crippen LogP contribution in [0.15, 0.2) is 0 Å². The molecule has 0 spiro atoms. The van der Waals surface area contributed by atoms with Crippen LogP contribution in [0.1, 0.15) is 142 Å². The van der Waals surface area contributed by atoms with E-state index < -0.39 is 6.29 Å². The van der Waals surface area contributed by atoms with Crippen LogP contribution in [0.4, 0.5) is 0 Å². The van der Waals surface area contributed by atoms with Crippen molar-refractivity contribution >= 4 is 0 Å². The summed E-state index contributed by atoms with van der Waals surface area (Å²) in [6.07, 6.45) is 24.9. The fraction of sp³-hybridized carbons (Fsp3) is 1.00. The summed E-state index contributed by atoms with van der Waals surface area (Å²) < 4.78 is 0. The molecule has 182 valence electrons. The van der Waals surface area contributed by atoms with Crippen molar-refractivity contribution in [2.24, 2.45) is 5.92 Å². The molecule has 0 aromatic heterocycles. The molecule has 0 bridgehead atoms. The van der Waals surface area contributed by atoms with Gasteiger partial charge in [0.1, 0.15) is 0 Å². The Morgan fingerprint density at radius 1 is 0.500 bits per heavy atom. The van der Waals surface area contributed by atoms with Gasteiger partial charge in [-0.25, -0.2) is 0 Å². The molecule has 30 heavy (non-hydrogen) atoms. The smallest absolute Gasteiger partial charge is 0.166 e. The molecule has 0 aromatic carbocycles. The van der Waals surface area contributed by atoms with Crippen LogP contribution < -0.4 is 0 Å². The lowest BCUT2D eigenvalue weighted by molar-refractivity contribution is -0.164. The predicted molar refractivity (Wildman–Crippen MR) is 129 cm³/mol. The van der Waals surface area contributed by atoms with Gasteiger partial charge in [0, 0.05) is 6.54 Å². The molecule has 4 nitrogen and oxygen atoms in total. The molecule has 0 saturated carbocycles. The van der Waals surface area contributed by atoms with Crippen LogP contribution in [-0.2, 0) is 0 Å². The highest BCUT2D eigenvalue weighted by Crippen LogP contribution is 2.20. The monoisotopic (exact) mass is 429 g/mol. The van der Waals surface area contributed by atoms with E-state index in [4.69, 9.17) is 10.2 Å². The van der Waals surface area contributed by atoms with Crippen LogP contribution in [0, 0.1) is 5.92 Å². The van der Waals surface area contributed by atoms with Gasteiger partial charge in [0.15, 0.2) is 6.29 Å². The third-order valence-corrected chi connectivity index (χ3v) is 6.27. The maximum Gasteiger partial charge on any atom is 0.166 e. The minimum absolute atomic E-state index is 0.0774. The van der Waals surface area contributed by atoms with Crippen molar-refractivity contribution in [3.8, 4) is 0 Å². The second-order valence-corrected chi connectivity index (χ2v) is 9.45. The average Bonchev–Trinajstić information content (AvgIpc) is 2.70. The SMILES string of the molecule is CCCCCCCCCCCCC(CCCCCCCCCC)CN(O)CC(O)O. The summed E-state index contributed by atoms with van der Waals surface area (Å²) in [5.74, 6) is 0.461. The van der Waals surface area contributed by atoms with Gasteiger partial charge < -0.3 is 15.4 Å². The molecule has 1 atom stereocenters. The van der Waals surface area contributed by atoms with Gasteiger partial charge in [-0.1, -0.05) is 129 Å². The zero-order valence-corrected chi connectivity index (χ0v) is 20.5. The van der Waals surface area contributed by atoms with Crippen LogP contribution in [0.3, 0.4) is 0 Å².